The molecule has 3 N–H and O–H groups in total. The SMILES string of the molecule is Cc1nn(C)c(C(=O)NCc2ccc(Br)s2)c1N. The summed E-state index contributed by atoms with van der Waals surface area (Å²) in [5, 5.41) is 6.95. The van der Waals surface area contributed by atoms with Gasteiger partial charge in [0.25, 0.3) is 5.91 Å². The van der Waals surface area contributed by atoms with Crippen LogP contribution in [0, 0.1) is 6.92 Å². The van der Waals surface area contributed by atoms with E-state index in [0.717, 1.165) is 8.66 Å². The van der Waals surface area contributed by atoms with Gasteiger partial charge in [0.05, 0.1) is 21.7 Å². The second kappa shape index (κ2) is 5.11. The molecule has 0 spiro atoms. The molecule has 0 bridgehead atoms. The van der Waals surface area contributed by atoms with E-state index in [4.69, 9.17) is 5.73 Å². The normalized spacial score (nSPS) is 10.6. The van der Waals surface area contributed by atoms with Crippen LogP contribution < -0.4 is 11.1 Å². The number of amides is 1. The topological polar surface area (TPSA) is 72.9 Å². The Hall–Kier alpha value is -1.34. The van der Waals surface area contributed by atoms with Crippen molar-refractivity contribution in [3.8, 4) is 0 Å². The zero-order chi connectivity index (χ0) is 13.3. The van der Waals surface area contributed by atoms with E-state index in [9.17, 15) is 4.79 Å². The molecule has 0 atom stereocenters. The highest BCUT2D eigenvalue weighted by Gasteiger charge is 2.17. The molecule has 0 radical (unpaired) electrons. The molecule has 2 rings (SSSR count). The predicted molar refractivity (Wildman–Crippen MR) is 75.5 cm³/mol. The number of nitrogens with zero attached hydrogens (tertiary/aromatic N) is 2. The van der Waals surface area contributed by atoms with Gasteiger partial charge >= 0.3 is 0 Å². The molecule has 0 saturated heterocycles. The van der Waals surface area contributed by atoms with Crippen LogP contribution >= 0.6 is 27.3 Å². The molecule has 0 aliphatic carbocycles. The van der Waals surface area contributed by atoms with Gasteiger partial charge in [-0.05, 0) is 35.0 Å². The molecule has 0 fully saturated rings. The summed E-state index contributed by atoms with van der Waals surface area (Å²) in [6.07, 6.45) is 0. The molecule has 0 aromatic carbocycles. The number of nitrogens with one attached hydrogen (secondary N) is 1. The van der Waals surface area contributed by atoms with Gasteiger partial charge in [0, 0.05) is 11.9 Å². The lowest BCUT2D eigenvalue weighted by Crippen LogP contribution is -2.25. The first-order chi connectivity index (χ1) is 8.49. The van der Waals surface area contributed by atoms with Crippen LogP contribution in [0.1, 0.15) is 21.1 Å². The summed E-state index contributed by atoms with van der Waals surface area (Å²) in [5.41, 5.74) is 7.33. The van der Waals surface area contributed by atoms with Gasteiger partial charge in [0.2, 0.25) is 0 Å². The first-order valence-corrected chi connectivity index (χ1v) is 6.91. The minimum Gasteiger partial charge on any atom is -0.395 e. The lowest BCUT2D eigenvalue weighted by atomic mass is 10.3. The van der Waals surface area contributed by atoms with Crippen LogP contribution in [0.5, 0.6) is 0 Å². The van der Waals surface area contributed by atoms with Crippen LogP contribution in [0.4, 0.5) is 5.69 Å². The molecule has 0 aliphatic heterocycles. The predicted octanol–water partition coefficient (Wildman–Crippen LogP) is 2.06. The maximum Gasteiger partial charge on any atom is 0.271 e. The van der Waals surface area contributed by atoms with Crippen LogP contribution in [0.3, 0.4) is 0 Å². The summed E-state index contributed by atoms with van der Waals surface area (Å²) in [4.78, 5) is 13.1. The van der Waals surface area contributed by atoms with Gasteiger partial charge in [-0.15, -0.1) is 11.3 Å². The van der Waals surface area contributed by atoms with Crippen LogP contribution in [0.15, 0.2) is 15.9 Å². The van der Waals surface area contributed by atoms with Gasteiger partial charge in [-0.1, -0.05) is 0 Å². The highest BCUT2D eigenvalue weighted by Crippen LogP contribution is 2.22. The van der Waals surface area contributed by atoms with E-state index in [2.05, 4.69) is 26.3 Å². The molecule has 0 saturated carbocycles. The lowest BCUT2D eigenvalue weighted by molar-refractivity contribution is 0.0943. The molecular weight excluding hydrogens is 316 g/mol. The maximum absolute atomic E-state index is 12.0. The number of aromatic nitrogens is 2. The van der Waals surface area contributed by atoms with E-state index in [1.165, 1.54) is 4.68 Å². The maximum atomic E-state index is 12.0. The standard InChI is InChI=1S/C11H13BrN4OS/c1-6-9(13)10(16(2)15-6)11(17)14-5-7-3-4-8(12)18-7/h3-4H,5,13H2,1-2H3,(H,14,17). The van der Waals surface area contributed by atoms with Gasteiger partial charge in [0.15, 0.2) is 0 Å². The van der Waals surface area contributed by atoms with Crippen molar-refractivity contribution in [2.75, 3.05) is 5.73 Å². The third-order valence-corrected chi connectivity index (χ3v) is 4.16. The van der Waals surface area contributed by atoms with E-state index >= 15 is 0 Å². The minimum atomic E-state index is -0.208. The van der Waals surface area contributed by atoms with E-state index in [1.54, 1.807) is 25.3 Å². The van der Waals surface area contributed by atoms with Gasteiger partial charge in [-0.25, -0.2) is 0 Å². The monoisotopic (exact) mass is 328 g/mol. The summed E-state index contributed by atoms with van der Waals surface area (Å²) < 4.78 is 2.55. The van der Waals surface area contributed by atoms with Crippen LogP contribution in [0.25, 0.3) is 0 Å². The zero-order valence-corrected chi connectivity index (χ0v) is 12.4. The fourth-order valence-corrected chi connectivity index (χ4v) is 3.06. The number of halogens is 1. The first kappa shape index (κ1) is 13.1. The van der Waals surface area contributed by atoms with Crippen LogP contribution in [0.2, 0.25) is 0 Å². The second-order valence-electron chi connectivity index (χ2n) is 3.86. The van der Waals surface area contributed by atoms with Gasteiger partial charge in [0.1, 0.15) is 5.69 Å². The molecule has 7 heteroatoms. The Bertz CT molecular complexity index is 590. The molecule has 5 nitrogen and oxygen atoms in total. The number of thiophene rings is 1. The van der Waals surface area contributed by atoms with Crippen molar-refractivity contribution in [1.29, 1.82) is 0 Å². The van der Waals surface area contributed by atoms with Crippen LogP contribution in [-0.2, 0) is 13.6 Å². The van der Waals surface area contributed by atoms with Crippen molar-refractivity contribution >= 4 is 38.9 Å². The van der Waals surface area contributed by atoms with Crippen molar-refractivity contribution in [2.24, 2.45) is 7.05 Å². The summed E-state index contributed by atoms with van der Waals surface area (Å²) in [6, 6.07) is 3.92. The Labute approximate surface area is 117 Å². The zero-order valence-electron chi connectivity index (χ0n) is 10.0. The van der Waals surface area contributed by atoms with Gasteiger partial charge in [-0.2, -0.15) is 5.10 Å². The van der Waals surface area contributed by atoms with E-state index in [-0.39, 0.29) is 5.91 Å². The molecule has 1 amide bonds. The molecule has 2 aromatic rings. The fourth-order valence-electron chi connectivity index (χ4n) is 1.64. The Morgan fingerprint density at radius 2 is 2.33 bits per heavy atom. The Kier molecular flexibility index (Phi) is 3.72. The van der Waals surface area contributed by atoms with Crippen LogP contribution in [-0.4, -0.2) is 15.7 Å². The van der Waals surface area contributed by atoms with Crippen molar-refractivity contribution < 1.29 is 4.79 Å². The summed E-state index contributed by atoms with van der Waals surface area (Å²) in [5.74, 6) is -0.208. The molecule has 2 heterocycles. The average molecular weight is 329 g/mol. The Balaban J connectivity index is 2.08. The molecule has 96 valence electrons. The summed E-state index contributed by atoms with van der Waals surface area (Å²) >= 11 is 4.97. The number of anilines is 1. The summed E-state index contributed by atoms with van der Waals surface area (Å²) in [6.45, 7) is 2.27. The van der Waals surface area contributed by atoms with E-state index in [0.29, 0.717) is 23.6 Å². The number of rotatable bonds is 3. The van der Waals surface area contributed by atoms with Gasteiger partial charge < -0.3 is 11.1 Å². The number of aryl methyl sites for hydroxylation is 2. The van der Waals surface area contributed by atoms with Gasteiger partial charge in [-0.3, -0.25) is 9.48 Å². The fraction of sp³-hybridized carbons (Fsp3) is 0.273. The Morgan fingerprint density at radius 3 is 2.83 bits per heavy atom. The largest absolute Gasteiger partial charge is 0.395 e. The molecular formula is C11H13BrN4OS. The second-order valence-corrected chi connectivity index (χ2v) is 6.41. The van der Waals surface area contributed by atoms with Crippen molar-refractivity contribution in [1.82, 2.24) is 15.1 Å². The lowest BCUT2D eigenvalue weighted by Gasteiger charge is -2.04. The molecule has 2 aromatic heterocycles. The molecule has 18 heavy (non-hydrogen) atoms. The highest BCUT2D eigenvalue weighted by molar-refractivity contribution is 9.11. The summed E-state index contributed by atoms with van der Waals surface area (Å²) in [7, 11) is 1.71. The number of nitrogen functional groups attached to an aromatic ring is 1. The third-order valence-electron chi connectivity index (χ3n) is 2.54. The number of nitrogens with two attached hydrogens (primary N) is 1. The number of carbonyl (C=O) groups excluding carboxylic acids is 1. The number of hydrogen-bond donors (Lipinski definition) is 2. The quantitative estimate of drug-likeness (QED) is 0.905. The van der Waals surface area contributed by atoms with Crippen molar-refractivity contribution in [2.45, 2.75) is 13.5 Å². The number of carbonyl (C=O) groups is 1. The van der Waals surface area contributed by atoms with Crippen molar-refractivity contribution in [3.05, 3.63) is 32.2 Å². The third kappa shape index (κ3) is 2.56. The van der Waals surface area contributed by atoms with E-state index in [1.807, 2.05) is 12.1 Å². The minimum absolute atomic E-state index is 0.208. The Morgan fingerprint density at radius 1 is 1.61 bits per heavy atom. The number of hydrogen-bond acceptors (Lipinski definition) is 4. The average Bonchev–Trinajstić information content (AvgIpc) is 2.82. The molecule has 0 aliphatic rings. The van der Waals surface area contributed by atoms with E-state index < -0.39 is 0 Å². The first-order valence-electron chi connectivity index (χ1n) is 5.30. The smallest absolute Gasteiger partial charge is 0.271 e. The molecule has 0 unspecified atom stereocenters. The highest BCUT2D eigenvalue weighted by atomic mass is 79.9. The van der Waals surface area contributed by atoms with Crippen molar-refractivity contribution in [3.63, 3.8) is 0 Å².